The minimum absolute atomic E-state index is 0.638. The lowest BCUT2D eigenvalue weighted by Gasteiger charge is -2.12. The summed E-state index contributed by atoms with van der Waals surface area (Å²) in [6.45, 7) is 0. The van der Waals surface area contributed by atoms with Crippen molar-refractivity contribution in [3.63, 3.8) is 0 Å². The molecule has 132 valence electrons. The van der Waals surface area contributed by atoms with Gasteiger partial charge in [0.15, 0.2) is 0 Å². The van der Waals surface area contributed by atoms with E-state index >= 15 is 0 Å². The Balaban J connectivity index is 2.13. The normalized spacial score (nSPS) is 11.3. The van der Waals surface area contributed by atoms with Crippen LogP contribution in [0.3, 0.4) is 0 Å². The number of rotatable bonds is 5. The average molecular weight is 385 g/mol. The summed E-state index contributed by atoms with van der Waals surface area (Å²) in [6.07, 6.45) is 2.08. The zero-order chi connectivity index (χ0) is 18.5. The topological polar surface area (TPSA) is 18.5 Å². The van der Waals surface area contributed by atoms with Crippen LogP contribution in [0.25, 0.3) is 11.6 Å². The fourth-order valence-corrected chi connectivity index (χ4v) is 3.05. The molecule has 3 aromatic carbocycles. The van der Waals surface area contributed by atoms with Crippen LogP contribution >= 0.6 is 23.2 Å². The van der Waals surface area contributed by atoms with Gasteiger partial charge in [0.25, 0.3) is 0 Å². The second kappa shape index (κ2) is 8.31. The maximum absolute atomic E-state index is 6.47. The van der Waals surface area contributed by atoms with E-state index in [1.807, 2.05) is 60.7 Å². The number of hydrogen-bond acceptors (Lipinski definition) is 2. The Morgan fingerprint density at radius 2 is 1.35 bits per heavy atom. The van der Waals surface area contributed by atoms with Crippen molar-refractivity contribution in [3.05, 3.63) is 93.5 Å². The summed E-state index contributed by atoms with van der Waals surface area (Å²) in [5.41, 5.74) is 3.91. The van der Waals surface area contributed by atoms with E-state index in [1.165, 1.54) is 0 Å². The van der Waals surface area contributed by atoms with Gasteiger partial charge in [-0.2, -0.15) is 0 Å². The van der Waals surface area contributed by atoms with Crippen molar-refractivity contribution in [2.24, 2.45) is 0 Å². The van der Waals surface area contributed by atoms with Crippen LogP contribution in [-0.2, 0) is 0 Å². The first-order valence-electron chi connectivity index (χ1n) is 8.06. The molecule has 26 heavy (non-hydrogen) atoms. The van der Waals surface area contributed by atoms with Crippen LogP contribution in [-0.4, -0.2) is 14.2 Å². The highest BCUT2D eigenvalue weighted by Crippen LogP contribution is 2.34. The van der Waals surface area contributed by atoms with E-state index in [2.05, 4.69) is 6.08 Å². The van der Waals surface area contributed by atoms with Crippen LogP contribution in [0.15, 0.2) is 66.7 Å². The molecule has 0 amide bonds. The smallest absolute Gasteiger partial charge is 0.118 e. The second-order valence-corrected chi connectivity index (χ2v) is 6.53. The first-order valence-corrected chi connectivity index (χ1v) is 8.82. The molecule has 0 bridgehead atoms. The molecular weight excluding hydrogens is 367 g/mol. The lowest BCUT2D eigenvalue weighted by atomic mass is 9.95. The van der Waals surface area contributed by atoms with E-state index in [1.54, 1.807) is 20.3 Å². The second-order valence-electron chi connectivity index (χ2n) is 5.68. The van der Waals surface area contributed by atoms with Gasteiger partial charge in [-0.1, -0.05) is 47.5 Å². The van der Waals surface area contributed by atoms with Crippen molar-refractivity contribution in [2.45, 2.75) is 0 Å². The molecule has 4 heteroatoms. The Kier molecular flexibility index (Phi) is 5.87. The molecule has 0 aromatic heterocycles. The molecule has 0 N–H and O–H groups in total. The molecule has 3 aromatic rings. The third kappa shape index (κ3) is 4.21. The Labute approximate surface area is 163 Å². The van der Waals surface area contributed by atoms with Gasteiger partial charge in [-0.3, -0.25) is 0 Å². The van der Waals surface area contributed by atoms with Crippen molar-refractivity contribution in [3.8, 4) is 11.5 Å². The third-order valence-corrected chi connectivity index (χ3v) is 4.61. The van der Waals surface area contributed by atoms with Gasteiger partial charge < -0.3 is 9.47 Å². The molecule has 0 spiro atoms. The first-order chi connectivity index (χ1) is 12.6. The Bertz CT molecular complexity index is 914. The summed E-state index contributed by atoms with van der Waals surface area (Å²) in [7, 11) is 3.30. The zero-order valence-corrected chi connectivity index (χ0v) is 16.0. The monoisotopic (exact) mass is 384 g/mol. The molecule has 2 nitrogen and oxygen atoms in total. The molecule has 0 saturated heterocycles. The molecule has 0 saturated carbocycles. The minimum Gasteiger partial charge on any atom is -0.497 e. The molecule has 0 heterocycles. The number of halogens is 2. The fourth-order valence-electron chi connectivity index (χ4n) is 2.66. The van der Waals surface area contributed by atoms with Crippen molar-refractivity contribution in [2.75, 3.05) is 14.2 Å². The van der Waals surface area contributed by atoms with Gasteiger partial charge in [-0.25, -0.2) is 0 Å². The summed E-state index contributed by atoms with van der Waals surface area (Å²) in [6, 6.07) is 21.2. The highest BCUT2D eigenvalue weighted by atomic mass is 35.5. The number of hydrogen-bond donors (Lipinski definition) is 0. The lowest BCUT2D eigenvalue weighted by molar-refractivity contribution is 0.414. The summed E-state index contributed by atoms with van der Waals surface area (Å²) in [5, 5.41) is 1.28. The third-order valence-electron chi connectivity index (χ3n) is 4.05. The molecule has 0 unspecified atom stereocenters. The first kappa shape index (κ1) is 18.4. The minimum atomic E-state index is 0.638. The van der Waals surface area contributed by atoms with Crippen LogP contribution in [0, 0.1) is 0 Å². The van der Waals surface area contributed by atoms with Crippen molar-refractivity contribution < 1.29 is 9.47 Å². The van der Waals surface area contributed by atoms with Crippen molar-refractivity contribution in [1.29, 1.82) is 0 Å². The highest BCUT2D eigenvalue weighted by molar-refractivity contribution is 6.34. The molecule has 0 radical (unpaired) electrons. The van der Waals surface area contributed by atoms with Gasteiger partial charge in [0.05, 0.1) is 14.2 Å². The summed E-state index contributed by atoms with van der Waals surface area (Å²) >= 11 is 12.7. The van der Waals surface area contributed by atoms with E-state index in [0.29, 0.717) is 10.0 Å². The SMILES string of the molecule is COc1ccc(/C=C(\c2ccc(OC)cc2)c2cc(Cl)ccc2Cl)cc1. The largest absolute Gasteiger partial charge is 0.497 e. The van der Waals surface area contributed by atoms with Crippen LogP contribution in [0.5, 0.6) is 11.5 Å². The van der Waals surface area contributed by atoms with Crippen LogP contribution < -0.4 is 9.47 Å². The Morgan fingerprint density at radius 3 is 1.92 bits per heavy atom. The highest BCUT2D eigenvalue weighted by Gasteiger charge is 2.11. The van der Waals surface area contributed by atoms with E-state index in [-0.39, 0.29) is 0 Å². The van der Waals surface area contributed by atoms with Gasteiger partial charge in [-0.15, -0.1) is 0 Å². The molecule has 0 aliphatic carbocycles. The number of benzene rings is 3. The molecular formula is C22H18Cl2O2. The van der Waals surface area contributed by atoms with Crippen LogP contribution in [0.2, 0.25) is 10.0 Å². The van der Waals surface area contributed by atoms with E-state index in [4.69, 9.17) is 32.7 Å². The standard InChI is InChI=1S/C22H18Cl2O2/c1-25-18-8-3-15(4-9-18)13-20(16-5-10-19(26-2)11-6-16)21-14-17(23)7-12-22(21)24/h3-14H,1-2H3/b20-13+. The molecule has 0 aliphatic heterocycles. The molecule has 3 rings (SSSR count). The van der Waals surface area contributed by atoms with E-state index in [9.17, 15) is 0 Å². The quantitative estimate of drug-likeness (QED) is 0.461. The van der Waals surface area contributed by atoms with Gasteiger partial charge >= 0.3 is 0 Å². The Hall–Kier alpha value is -2.42. The number of ether oxygens (including phenoxy) is 2. The molecule has 0 aliphatic rings. The van der Waals surface area contributed by atoms with Crippen molar-refractivity contribution >= 4 is 34.9 Å². The van der Waals surface area contributed by atoms with Gasteiger partial charge in [0.1, 0.15) is 11.5 Å². The lowest BCUT2D eigenvalue weighted by Crippen LogP contribution is -1.91. The predicted octanol–water partition coefficient (Wildman–Crippen LogP) is 6.60. The van der Waals surface area contributed by atoms with Crippen LogP contribution in [0.4, 0.5) is 0 Å². The summed E-state index contributed by atoms with van der Waals surface area (Å²) in [5.74, 6) is 1.61. The number of methoxy groups -OCH3 is 2. The van der Waals surface area contributed by atoms with E-state index < -0.39 is 0 Å². The molecule has 0 fully saturated rings. The summed E-state index contributed by atoms with van der Waals surface area (Å²) in [4.78, 5) is 0. The summed E-state index contributed by atoms with van der Waals surface area (Å²) < 4.78 is 10.5. The van der Waals surface area contributed by atoms with Gasteiger partial charge in [-0.05, 0) is 65.2 Å². The maximum atomic E-state index is 6.47. The Morgan fingerprint density at radius 1 is 0.769 bits per heavy atom. The van der Waals surface area contributed by atoms with Gasteiger partial charge in [0, 0.05) is 15.6 Å². The van der Waals surface area contributed by atoms with Gasteiger partial charge in [0.2, 0.25) is 0 Å². The van der Waals surface area contributed by atoms with E-state index in [0.717, 1.165) is 33.8 Å². The van der Waals surface area contributed by atoms with Crippen LogP contribution in [0.1, 0.15) is 16.7 Å². The maximum Gasteiger partial charge on any atom is 0.118 e. The molecule has 0 atom stereocenters. The zero-order valence-electron chi connectivity index (χ0n) is 14.5. The van der Waals surface area contributed by atoms with Crippen molar-refractivity contribution in [1.82, 2.24) is 0 Å². The predicted molar refractivity (Wildman–Crippen MR) is 109 cm³/mol. The fraction of sp³-hybridized carbons (Fsp3) is 0.0909. The average Bonchev–Trinajstić information content (AvgIpc) is 2.69.